The third-order valence-electron chi connectivity index (χ3n) is 6.17. The molecule has 1 amide bonds. The van der Waals surface area contributed by atoms with Gasteiger partial charge in [0.2, 0.25) is 0 Å². The molecule has 4 aromatic rings. The number of carbonyl (C=O) groups excluding carboxylic acids is 2. The Balaban J connectivity index is 1.75. The Hall–Kier alpha value is -3.97. The number of carbonyl (C=O) groups is 2. The van der Waals surface area contributed by atoms with E-state index in [9.17, 15) is 14.7 Å². The number of fused-ring (bicyclic) bond motifs is 1. The maximum absolute atomic E-state index is 13.4. The van der Waals surface area contributed by atoms with Crippen molar-refractivity contribution >= 4 is 40.0 Å². The van der Waals surface area contributed by atoms with E-state index < -0.39 is 17.7 Å². The molecule has 1 fully saturated rings. The van der Waals surface area contributed by atoms with Gasteiger partial charge in [0.05, 0.1) is 36.1 Å². The van der Waals surface area contributed by atoms with Gasteiger partial charge in [0.1, 0.15) is 17.3 Å². The number of aliphatic hydroxyl groups excluding tert-OH is 1. The van der Waals surface area contributed by atoms with Crippen molar-refractivity contribution in [1.82, 2.24) is 9.88 Å². The van der Waals surface area contributed by atoms with E-state index in [2.05, 4.69) is 4.98 Å². The number of aryl methyl sites for hydroxylation is 1. The highest BCUT2D eigenvalue weighted by Crippen LogP contribution is 2.45. The highest BCUT2D eigenvalue weighted by atomic mass is 35.5. The monoisotopic (exact) mass is 490 g/mol. The lowest BCUT2D eigenvalue weighted by molar-refractivity contribution is -0.140. The molecule has 2 aromatic heterocycles. The number of nitrogens with zero attached hydrogens (tertiary/aromatic N) is 1. The third-order valence-corrected chi connectivity index (χ3v) is 6.50. The fourth-order valence-electron chi connectivity index (χ4n) is 4.65. The molecule has 178 valence electrons. The van der Waals surface area contributed by atoms with Crippen molar-refractivity contribution in [2.45, 2.75) is 26.4 Å². The molecule has 0 spiro atoms. The number of ether oxygens (including phenoxy) is 1. The standard InChI is InChI=1S/C27H23ClN2O5/c1-3-34-16-10-11-20(28)19(13-16)25(31)23-24(22-15(2)29-21-9-5-4-8-18(21)22)30(27(33)26(23)32)14-17-7-6-12-35-17/h4-13,24,29,31H,3,14H2,1-2H3/b25-23+. The molecule has 2 N–H and O–H groups in total. The number of likely N-dealkylation sites (tertiary alicyclic amines) is 1. The van der Waals surface area contributed by atoms with Gasteiger partial charge in [0.15, 0.2) is 0 Å². The highest BCUT2D eigenvalue weighted by Gasteiger charge is 2.48. The predicted octanol–water partition coefficient (Wildman–Crippen LogP) is 5.74. The average Bonchev–Trinajstić information content (AvgIpc) is 3.53. The topological polar surface area (TPSA) is 95.8 Å². The summed E-state index contributed by atoms with van der Waals surface area (Å²) in [6.45, 7) is 4.20. The van der Waals surface area contributed by atoms with Crippen LogP contribution in [0.25, 0.3) is 16.7 Å². The number of nitrogens with one attached hydrogen (secondary N) is 1. The fraction of sp³-hybridized carbons (Fsp3) is 0.185. The lowest BCUT2D eigenvalue weighted by Gasteiger charge is -2.25. The van der Waals surface area contributed by atoms with Gasteiger partial charge in [-0.25, -0.2) is 0 Å². The third kappa shape index (κ3) is 3.88. The molecule has 5 rings (SSSR count). The van der Waals surface area contributed by atoms with Gasteiger partial charge in [-0.2, -0.15) is 0 Å². The number of H-pyrrole nitrogens is 1. The van der Waals surface area contributed by atoms with E-state index in [1.165, 1.54) is 11.2 Å². The Morgan fingerprint density at radius 3 is 2.71 bits per heavy atom. The fourth-order valence-corrected chi connectivity index (χ4v) is 4.86. The number of hydrogen-bond donors (Lipinski definition) is 2. The number of furan rings is 1. The van der Waals surface area contributed by atoms with Crippen LogP contribution < -0.4 is 4.74 Å². The summed E-state index contributed by atoms with van der Waals surface area (Å²) in [5.74, 6) is -0.864. The summed E-state index contributed by atoms with van der Waals surface area (Å²) in [6, 6.07) is 15.1. The van der Waals surface area contributed by atoms with Gasteiger partial charge in [-0.1, -0.05) is 29.8 Å². The highest BCUT2D eigenvalue weighted by molar-refractivity contribution is 6.47. The molecule has 1 unspecified atom stereocenters. The SMILES string of the molecule is CCOc1ccc(Cl)c(/C(O)=C2\C(=O)C(=O)N(Cc3ccco3)C2c2c(C)[nH]c3ccccc23)c1. The van der Waals surface area contributed by atoms with E-state index in [0.717, 1.165) is 22.2 Å². The summed E-state index contributed by atoms with van der Waals surface area (Å²) in [7, 11) is 0. The summed E-state index contributed by atoms with van der Waals surface area (Å²) >= 11 is 6.42. The second-order valence-corrected chi connectivity index (χ2v) is 8.70. The molecule has 8 heteroatoms. The molecule has 0 aliphatic carbocycles. The molecule has 3 heterocycles. The number of aromatic amines is 1. The Kier molecular flexibility index (Phi) is 5.86. The molecule has 0 bridgehead atoms. The van der Waals surface area contributed by atoms with E-state index >= 15 is 0 Å². The van der Waals surface area contributed by atoms with Gasteiger partial charge in [0, 0.05) is 27.7 Å². The molecule has 1 atom stereocenters. The molecule has 2 aromatic carbocycles. The normalized spacial score (nSPS) is 17.5. The van der Waals surface area contributed by atoms with Crippen molar-refractivity contribution < 1.29 is 23.8 Å². The average molecular weight is 491 g/mol. The summed E-state index contributed by atoms with van der Waals surface area (Å²) in [4.78, 5) is 31.5. The lowest BCUT2D eigenvalue weighted by Crippen LogP contribution is -2.29. The van der Waals surface area contributed by atoms with Gasteiger partial charge in [-0.05, 0) is 50.2 Å². The van der Waals surface area contributed by atoms with Crippen LogP contribution in [0.5, 0.6) is 5.75 Å². The first-order chi connectivity index (χ1) is 16.9. The number of hydrogen-bond acceptors (Lipinski definition) is 5. The maximum Gasteiger partial charge on any atom is 0.296 e. The zero-order valence-electron chi connectivity index (χ0n) is 19.2. The maximum atomic E-state index is 13.4. The van der Waals surface area contributed by atoms with E-state index in [1.807, 2.05) is 38.1 Å². The largest absolute Gasteiger partial charge is 0.507 e. The van der Waals surface area contributed by atoms with Crippen LogP contribution in [0, 0.1) is 6.92 Å². The van der Waals surface area contributed by atoms with Crippen molar-refractivity contribution in [2.75, 3.05) is 6.61 Å². The number of ketones is 1. The molecule has 1 aliphatic rings. The van der Waals surface area contributed by atoms with Crippen LogP contribution >= 0.6 is 11.6 Å². The Bertz CT molecular complexity index is 1470. The van der Waals surface area contributed by atoms with Crippen molar-refractivity contribution in [3.8, 4) is 5.75 Å². The Morgan fingerprint density at radius 1 is 1.17 bits per heavy atom. The number of aliphatic hydroxyl groups is 1. The molecular formula is C27H23ClN2O5. The molecule has 0 radical (unpaired) electrons. The van der Waals surface area contributed by atoms with Crippen LogP contribution in [0.4, 0.5) is 0 Å². The predicted molar refractivity (Wildman–Crippen MR) is 132 cm³/mol. The second-order valence-electron chi connectivity index (χ2n) is 8.29. The number of rotatable bonds is 6. The van der Waals surface area contributed by atoms with E-state index in [0.29, 0.717) is 18.1 Å². The minimum atomic E-state index is -0.858. The van der Waals surface area contributed by atoms with Crippen LogP contribution in [0.1, 0.15) is 35.5 Å². The van der Waals surface area contributed by atoms with Crippen molar-refractivity contribution in [3.05, 3.63) is 94.0 Å². The summed E-state index contributed by atoms with van der Waals surface area (Å²) in [5, 5.41) is 12.5. The lowest BCUT2D eigenvalue weighted by atomic mass is 9.93. The van der Waals surface area contributed by atoms with Gasteiger partial charge in [-0.3, -0.25) is 9.59 Å². The van der Waals surface area contributed by atoms with E-state index in [1.54, 1.807) is 30.3 Å². The second kappa shape index (κ2) is 9.00. The summed E-state index contributed by atoms with van der Waals surface area (Å²) < 4.78 is 11.0. The molecule has 1 saturated heterocycles. The first-order valence-electron chi connectivity index (χ1n) is 11.2. The van der Waals surface area contributed by atoms with Crippen LogP contribution in [0.3, 0.4) is 0 Å². The number of halogens is 1. The number of amides is 1. The first-order valence-corrected chi connectivity index (χ1v) is 11.6. The van der Waals surface area contributed by atoms with Crippen LogP contribution in [-0.2, 0) is 16.1 Å². The minimum absolute atomic E-state index is 0.0371. The molecule has 7 nitrogen and oxygen atoms in total. The van der Waals surface area contributed by atoms with E-state index in [4.69, 9.17) is 20.8 Å². The van der Waals surface area contributed by atoms with Crippen LogP contribution in [-0.4, -0.2) is 33.3 Å². The van der Waals surface area contributed by atoms with Crippen LogP contribution in [0.2, 0.25) is 5.02 Å². The smallest absolute Gasteiger partial charge is 0.296 e. The van der Waals surface area contributed by atoms with Crippen molar-refractivity contribution in [1.29, 1.82) is 0 Å². The van der Waals surface area contributed by atoms with Gasteiger partial charge < -0.3 is 24.1 Å². The molecule has 35 heavy (non-hydrogen) atoms. The number of para-hydroxylation sites is 1. The Labute approximate surface area is 206 Å². The minimum Gasteiger partial charge on any atom is -0.507 e. The number of Topliss-reactive ketones (excluding diaryl/α,β-unsaturated/α-hetero) is 1. The van der Waals surface area contributed by atoms with Crippen molar-refractivity contribution in [3.63, 3.8) is 0 Å². The molecule has 1 aliphatic heterocycles. The van der Waals surface area contributed by atoms with Crippen LogP contribution in [0.15, 0.2) is 70.9 Å². The molecule has 0 saturated carbocycles. The van der Waals surface area contributed by atoms with E-state index in [-0.39, 0.29) is 28.5 Å². The summed E-state index contributed by atoms with van der Waals surface area (Å²) in [6.07, 6.45) is 1.51. The Morgan fingerprint density at radius 2 is 1.97 bits per heavy atom. The first kappa shape index (κ1) is 22.8. The zero-order valence-corrected chi connectivity index (χ0v) is 19.9. The molecular weight excluding hydrogens is 468 g/mol. The number of benzene rings is 2. The van der Waals surface area contributed by atoms with Gasteiger partial charge >= 0.3 is 0 Å². The van der Waals surface area contributed by atoms with Crippen molar-refractivity contribution in [2.24, 2.45) is 0 Å². The van der Waals surface area contributed by atoms with Gasteiger partial charge in [0.25, 0.3) is 11.7 Å². The summed E-state index contributed by atoms with van der Waals surface area (Å²) in [5.41, 5.74) is 2.55. The zero-order chi connectivity index (χ0) is 24.7. The number of aromatic nitrogens is 1. The van der Waals surface area contributed by atoms with Gasteiger partial charge in [-0.15, -0.1) is 0 Å². The quantitative estimate of drug-likeness (QED) is 0.204.